The van der Waals surface area contributed by atoms with Gasteiger partial charge in [0.25, 0.3) is 0 Å². The quantitative estimate of drug-likeness (QED) is 0.770. The van der Waals surface area contributed by atoms with Crippen LogP contribution in [0, 0.1) is 0 Å². The van der Waals surface area contributed by atoms with Crippen LogP contribution in [0.15, 0.2) is 0 Å². The summed E-state index contributed by atoms with van der Waals surface area (Å²) < 4.78 is 0. The fourth-order valence-corrected chi connectivity index (χ4v) is 2.94. The first-order valence-electron chi connectivity index (χ1n) is 9.07. The Bertz CT molecular complexity index is 638. The van der Waals surface area contributed by atoms with Crippen LogP contribution >= 0.6 is 0 Å². The van der Waals surface area contributed by atoms with Crippen LogP contribution in [0.3, 0.4) is 0 Å². The van der Waals surface area contributed by atoms with Crippen LogP contribution < -0.4 is 16.0 Å². The minimum atomic E-state index is 0.0462. The number of carbonyl (C=O) groups is 1. The average molecular weight is 330 g/mol. The molecule has 1 aromatic heterocycles. The van der Waals surface area contributed by atoms with Crippen molar-refractivity contribution in [1.82, 2.24) is 20.2 Å². The van der Waals surface area contributed by atoms with Crippen molar-refractivity contribution in [2.75, 3.05) is 17.2 Å². The zero-order chi connectivity index (χ0) is 16.7. The molecule has 2 fully saturated rings. The zero-order valence-electron chi connectivity index (χ0n) is 14.4. The monoisotopic (exact) mass is 330 g/mol. The van der Waals surface area contributed by atoms with E-state index in [9.17, 15) is 4.79 Å². The van der Waals surface area contributed by atoms with E-state index in [2.05, 4.69) is 39.8 Å². The molecule has 7 heteroatoms. The third kappa shape index (κ3) is 3.55. The fourth-order valence-electron chi connectivity index (χ4n) is 2.94. The zero-order valence-corrected chi connectivity index (χ0v) is 14.4. The van der Waals surface area contributed by atoms with Crippen LogP contribution in [0.25, 0.3) is 0 Å². The van der Waals surface area contributed by atoms with Crippen molar-refractivity contribution in [2.45, 2.75) is 70.6 Å². The van der Waals surface area contributed by atoms with Crippen LogP contribution in [-0.4, -0.2) is 45.6 Å². The van der Waals surface area contributed by atoms with E-state index in [4.69, 9.17) is 0 Å². The van der Waals surface area contributed by atoms with Gasteiger partial charge in [0.2, 0.25) is 5.95 Å². The lowest BCUT2D eigenvalue weighted by Gasteiger charge is -2.30. The molecule has 0 bridgehead atoms. The molecule has 24 heavy (non-hydrogen) atoms. The van der Waals surface area contributed by atoms with Gasteiger partial charge < -0.3 is 20.9 Å². The summed E-state index contributed by atoms with van der Waals surface area (Å²) in [5, 5.41) is 9.90. The van der Waals surface area contributed by atoms with Crippen molar-refractivity contribution in [3.8, 4) is 0 Å². The Morgan fingerprint density at radius 3 is 2.58 bits per heavy atom. The van der Waals surface area contributed by atoms with Gasteiger partial charge in [-0.2, -0.15) is 4.98 Å². The Kier molecular flexibility index (Phi) is 3.94. The van der Waals surface area contributed by atoms with Crippen molar-refractivity contribution in [2.24, 2.45) is 0 Å². The van der Waals surface area contributed by atoms with Gasteiger partial charge in [-0.25, -0.2) is 9.78 Å². The van der Waals surface area contributed by atoms with Crippen molar-refractivity contribution in [1.29, 1.82) is 0 Å². The van der Waals surface area contributed by atoms with Gasteiger partial charge in [-0.05, 0) is 39.5 Å². The Hall–Kier alpha value is -2.05. The molecule has 130 valence electrons. The third-order valence-electron chi connectivity index (χ3n) is 4.59. The number of nitrogens with one attached hydrogen (secondary N) is 3. The second-order valence-corrected chi connectivity index (χ2v) is 7.43. The topological polar surface area (TPSA) is 82.2 Å². The Morgan fingerprint density at radius 2 is 1.92 bits per heavy atom. The molecule has 1 aromatic rings. The van der Waals surface area contributed by atoms with Gasteiger partial charge in [0.05, 0.1) is 12.2 Å². The molecule has 1 aliphatic heterocycles. The summed E-state index contributed by atoms with van der Waals surface area (Å²) in [4.78, 5) is 23.6. The molecule has 0 atom stereocenters. The van der Waals surface area contributed by atoms with Crippen LogP contribution in [0.1, 0.15) is 50.8 Å². The largest absolute Gasteiger partial charge is 0.367 e. The van der Waals surface area contributed by atoms with E-state index in [0.29, 0.717) is 37.2 Å². The highest BCUT2D eigenvalue weighted by molar-refractivity contribution is 5.75. The second kappa shape index (κ2) is 6.11. The normalized spacial score (nSPS) is 19.9. The number of fused-ring (bicyclic) bond motifs is 1. The smallest absolute Gasteiger partial charge is 0.317 e. The molecule has 2 aliphatic carbocycles. The lowest BCUT2D eigenvalue weighted by Crippen LogP contribution is -2.44. The Morgan fingerprint density at radius 1 is 1.17 bits per heavy atom. The van der Waals surface area contributed by atoms with E-state index < -0.39 is 0 Å². The fraction of sp³-hybridized carbons (Fsp3) is 0.706. The molecular weight excluding hydrogens is 304 g/mol. The van der Waals surface area contributed by atoms with E-state index >= 15 is 0 Å². The molecule has 4 rings (SSSR count). The molecule has 0 radical (unpaired) electrons. The van der Waals surface area contributed by atoms with Crippen molar-refractivity contribution < 1.29 is 4.79 Å². The molecular formula is C17H26N6O. The number of anilines is 2. The first-order chi connectivity index (χ1) is 11.6. The first-order valence-corrected chi connectivity index (χ1v) is 9.07. The molecule has 0 saturated heterocycles. The molecule has 3 N–H and O–H groups in total. The van der Waals surface area contributed by atoms with Crippen molar-refractivity contribution >= 4 is 17.8 Å². The molecule has 2 heterocycles. The van der Waals surface area contributed by atoms with Gasteiger partial charge in [-0.3, -0.25) is 0 Å². The summed E-state index contributed by atoms with van der Waals surface area (Å²) in [5.74, 6) is 1.58. The summed E-state index contributed by atoms with van der Waals surface area (Å²) in [7, 11) is 0. The molecule has 0 unspecified atom stereocenters. The summed E-state index contributed by atoms with van der Waals surface area (Å²) in [6.45, 7) is 5.47. The van der Waals surface area contributed by atoms with E-state index in [0.717, 1.165) is 36.3 Å². The van der Waals surface area contributed by atoms with Crippen LogP contribution in [0.5, 0.6) is 0 Å². The molecule has 7 nitrogen and oxygen atoms in total. The van der Waals surface area contributed by atoms with Gasteiger partial charge in [0, 0.05) is 36.7 Å². The minimum Gasteiger partial charge on any atom is -0.367 e. The predicted molar refractivity (Wildman–Crippen MR) is 93.1 cm³/mol. The summed E-state index contributed by atoms with van der Waals surface area (Å²) in [6.07, 6.45) is 5.38. The molecule has 3 aliphatic rings. The number of aromatic nitrogens is 2. The molecule has 2 saturated carbocycles. The maximum Gasteiger partial charge on any atom is 0.317 e. The summed E-state index contributed by atoms with van der Waals surface area (Å²) >= 11 is 0. The second-order valence-electron chi connectivity index (χ2n) is 7.43. The highest BCUT2D eigenvalue weighted by Crippen LogP contribution is 2.30. The number of rotatable bonds is 5. The Labute approximate surface area is 142 Å². The number of nitrogens with zero attached hydrogens (tertiary/aromatic N) is 3. The van der Waals surface area contributed by atoms with Crippen LogP contribution in [-0.2, 0) is 13.0 Å². The standard InChI is InChI=1S/C17H26N6O/c1-10(2)18-16-21-14-7-8-23(17(24)20-12-5-6-12)9-13(14)15(22-16)19-11-3-4-11/h10-12H,3-9H2,1-2H3,(H,20,24)(H2,18,19,21,22). The lowest BCUT2D eigenvalue weighted by atomic mass is 10.1. The maximum atomic E-state index is 12.4. The van der Waals surface area contributed by atoms with Gasteiger partial charge in [0.15, 0.2) is 0 Å². The first kappa shape index (κ1) is 15.5. The third-order valence-corrected chi connectivity index (χ3v) is 4.59. The minimum absolute atomic E-state index is 0.0462. The average Bonchev–Trinajstić information content (AvgIpc) is 3.42. The number of amides is 2. The maximum absolute atomic E-state index is 12.4. The van der Waals surface area contributed by atoms with E-state index in [1.807, 2.05) is 4.90 Å². The summed E-state index contributed by atoms with van der Waals surface area (Å²) in [5.41, 5.74) is 2.14. The van der Waals surface area contributed by atoms with Gasteiger partial charge in [-0.1, -0.05) is 0 Å². The van der Waals surface area contributed by atoms with Crippen LogP contribution in [0.2, 0.25) is 0 Å². The van der Waals surface area contributed by atoms with Crippen LogP contribution in [0.4, 0.5) is 16.6 Å². The van der Waals surface area contributed by atoms with Crippen molar-refractivity contribution in [3.63, 3.8) is 0 Å². The molecule has 0 aromatic carbocycles. The number of hydrogen-bond acceptors (Lipinski definition) is 5. The molecule has 0 spiro atoms. The molecule has 2 amide bonds. The summed E-state index contributed by atoms with van der Waals surface area (Å²) in [6, 6.07) is 1.24. The Balaban J connectivity index is 1.56. The van der Waals surface area contributed by atoms with Crippen molar-refractivity contribution in [3.05, 3.63) is 11.3 Å². The highest BCUT2D eigenvalue weighted by atomic mass is 16.2. The van der Waals surface area contributed by atoms with E-state index in [1.54, 1.807) is 0 Å². The SMILES string of the molecule is CC(C)Nc1nc2c(c(NC3CC3)n1)CN(C(=O)NC1CC1)CC2. The van der Waals surface area contributed by atoms with E-state index in [1.165, 1.54) is 12.8 Å². The van der Waals surface area contributed by atoms with Gasteiger partial charge >= 0.3 is 6.03 Å². The predicted octanol–water partition coefficient (Wildman–Crippen LogP) is 2.10. The number of carbonyl (C=O) groups excluding carboxylic acids is 1. The highest BCUT2D eigenvalue weighted by Gasteiger charge is 2.31. The van der Waals surface area contributed by atoms with Gasteiger partial charge in [0.1, 0.15) is 5.82 Å². The van der Waals surface area contributed by atoms with E-state index in [-0.39, 0.29) is 6.03 Å². The number of hydrogen-bond donors (Lipinski definition) is 3. The van der Waals surface area contributed by atoms with Gasteiger partial charge in [-0.15, -0.1) is 0 Å². The number of urea groups is 1. The lowest BCUT2D eigenvalue weighted by molar-refractivity contribution is 0.191.